The lowest BCUT2D eigenvalue weighted by Gasteiger charge is -2.28. The van der Waals surface area contributed by atoms with Gasteiger partial charge in [0.2, 0.25) is 5.91 Å². The van der Waals surface area contributed by atoms with E-state index in [9.17, 15) is 9.59 Å². The number of hydrogen-bond donors (Lipinski definition) is 1. The van der Waals surface area contributed by atoms with Crippen LogP contribution >= 0.6 is 0 Å². The molecule has 1 aliphatic carbocycles. The van der Waals surface area contributed by atoms with Crippen molar-refractivity contribution in [3.8, 4) is 0 Å². The van der Waals surface area contributed by atoms with Gasteiger partial charge in [0.15, 0.2) is 0 Å². The second-order valence-corrected chi connectivity index (χ2v) is 5.73. The molecule has 0 bridgehead atoms. The van der Waals surface area contributed by atoms with Gasteiger partial charge in [-0.05, 0) is 36.8 Å². The van der Waals surface area contributed by atoms with Gasteiger partial charge in [0.1, 0.15) is 6.17 Å². The fourth-order valence-electron chi connectivity index (χ4n) is 3.25. The minimum absolute atomic E-state index is 0.0901. The molecule has 1 aliphatic heterocycles. The molecule has 2 aliphatic rings. The molecule has 4 nitrogen and oxygen atoms in total. The number of benzene rings is 1. The molecule has 3 rings (SSSR count). The fourth-order valence-corrected chi connectivity index (χ4v) is 3.25. The first-order valence-corrected chi connectivity index (χ1v) is 7.50. The zero-order valence-corrected chi connectivity index (χ0v) is 12.3. The summed E-state index contributed by atoms with van der Waals surface area (Å²) in [6, 6.07) is 9.92. The van der Waals surface area contributed by atoms with Crippen molar-refractivity contribution < 1.29 is 9.59 Å². The Morgan fingerprint density at radius 3 is 2.67 bits per heavy atom. The molecule has 0 saturated carbocycles. The predicted octanol–water partition coefficient (Wildman–Crippen LogP) is 2.36. The molecule has 0 saturated heterocycles. The molecule has 1 aromatic carbocycles. The molecule has 21 heavy (non-hydrogen) atoms. The Morgan fingerprint density at radius 1 is 1.24 bits per heavy atom. The second-order valence-electron chi connectivity index (χ2n) is 5.73. The van der Waals surface area contributed by atoms with Crippen LogP contribution < -0.4 is 5.32 Å². The van der Waals surface area contributed by atoms with E-state index >= 15 is 0 Å². The van der Waals surface area contributed by atoms with Crippen molar-refractivity contribution in [1.29, 1.82) is 0 Å². The largest absolute Gasteiger partial charge is 0.332 e. The highest BCUT2D eigenvalue weighted by molar-refractivity contribution is 5.98. The summed E-state index contributed by atoms with van der Waals surface area (Å²) in [5.74, 6) is -0.00233. The number of hydrogen-bond acceptors (Lipinski definition) is 2. The van der Waals surface area contributed by atoms with Crippen LogP contribution in [0.5, 0.6) is 0 Å². The van der Waals surface area contributed by atoms with E-state index in [2.05, 4.69) is 5.32 Å². The maximum Gasteiger partial charge on any atom is 0.252 e. The first-order chi connectivity index (χ1) is 10.2. The van der Waals surface area contributed by atoms with Gasteiger partial charge in [-0.3, -0.25) is 9.59 Å². The third-order valence-corrected chi connectivity index (χ3v) is 4.21. The number of rotatable bonds is 3. The highest BCUT2D eigenvalue weighted by atomic mass is 16.2. The molecule has 0 fully saturated rings. The summed E-state index contributed by atoms with van der Waals surface area (Å²) in [6.45, 7) is 2.05. The van der Waals surface area contributed by atoms with E-state index in [1.165, 1.54) is 6.92 Å². The molecule has 1 aromatic rings. The Labute approximate surface area is 124 Å². The van der Waals surface area contributed by atoms with Crippen molar-refractivity contribution in [3.05, 3.63) is 47.0 Å². The Kier molecular flexibility index (Phi) is 3.78. The molecule has 0 spiro atoms. The lowest BCUT2D eigenvalue weighted by atomic mass is 9.92. The van der Waals surface area contributed by atoms with E-state index in [0.717, 1.165) is 42.4 Å². The van der Waals surface area contributed by atoms with Gasteiger partial charge < -0.3 is 10.2 Å². The van der Waals surface area contributed by atoms with Crippen molar-refractivity contribution in [2.24, 2.45) is 0 Å². The third kappa shape index (κ3) is 2.71. The lowest BCUT2D eigenvalue weighted by molar-refractivity contribution is -0.129. The van der Waals surface area contributed by atoms with Crippen LogP contribution in [-0.2, 0) is 16.1 Å². The Bertz CT molecular complexity index is 592. The van der Waals surface area contributed by atoms with Gasteiger partial charge in [-0.1, -0.05) is 30.3 Å². The van der Waals surface area contributed by atoms with Crippen LogP contribution in [0.4, 0.5) is 0 Å². The smallest absolute Gasteiger partial charge is 0.252 e. The molecule has 1 heterocycles. The predicted molar refractivity (Wildman–Crippen MR) is 80.1 cm³/mol. The Hall–Kier alpha value is -2.10. The summed E-state index contributed by atoms with van der Waals surface area (Å²) in [5, 5.41) is 2.95. The molecule has 4 heteroatoms. The van der Waals surface area contributed by atoms with E-state index in [1.807, 2.05) is 30.3 Å². The molecule has 2 amide bonds. The first kappa shape index (κ1) is 13.9. The van der Waals surface area contributed by atoms with E-state index in [-0.39, 0.29) is 18.0 Å². The number of nitrogens with zero attached hydrogens (tertiary/aromatic N) is 1. The summed E-state index contributed by atoms with van der Waals surface area (Å²) in [6.07, 6.45) is 3.66. The molecule has 1 atom stereocenters. The quantitative estimate of drug-likeness (QED) is 0.926. The molecular formula is C17H20N2O2. The lowest BCUT2D eigenvalue weighted by Crippen LogP contribution is -2.46. The molecule has 0 aromatic heterocycles. The Morgan fingerprint density at radius 2 is 1.95 bits per heavy atom. The average molecular weight is 284 g/mol. The van der Waals surface area contributed by atoms with Crippen molar-refractivity contribution in [2.75, 3.05) is 0 Å². The second kappa shape index (κ2) is 5.72. The molecular weight excluding hydrogens is 264 g/mol. The Balaban J connectivity index is 1.88. The van der Waals surface area contributed by atoms with Gasteiger partial charge >= 0.3 is 0 Å². The van der Waals surface area contributed by atoms with Crippen molar-refractivity contribution in [1.82, 2.24) is 10.2 Å². The summed E-state index contributed by atoms with van der Waals surface area (Å²) >= 11 is 0. The third-order valence-electron chi connectivity index (χ3n) is 4.21. The van der Waals surface area contributed by atoms with E-state index in [4.69, 9.17) is 0 Å². The van der Waals surface area contributed by atoms with Crippen LogP contribution in [0, 0.1) is 0 Å². The van der Waals surface area contributed by atoms with Crippen LogP contribution in [0.15, 0.2) is 41.5 Å². The van der Waals surface area contributed by atoms with Crippen molar-refractivity contribution in [2.45, 2.75) is 45.3 Å². The van der Waals surface area contributed by atoms with Crippen molar-refractivity contribution in [3.63, 3.8) is 0 Å². The maximum absolute atomic E-state index is 12.7. The normalized spacial score (nSPS) is 21.5. The molecule has 0 unspecified atom stereocenters. The topological polar surface area (TPSA) is 49.4 Å². The number of amides is 2. The van der Waals surface area contributed by atoms with Crippen LogP contribution in [0.3, 0.4) is 0 Å². The highest BCUT2D eigenvalue weighted by Gasteiger charge is 2.39. The van der Waals surface area contributed by atoms with Gasteiger partial charge in [0.25, 0.3) is 5.91 Å². The fraction of sp³-hybridized carbons (Fsp3) is 0.412. The molecule has 0 radical (unpaired) electrons. The van der Waals surface area contributed by atoms with Gasteiger partial charge in [0, 0.05) is 19.0 Å². The van der Waals surface area contributed by atoms with E-state index in [0.29, 0.717) is 6.54 Å². The van der Waals surface area contributed by atoms with Gasteiger partial charge in [-0.25, -0.2) is 0 Å². The first-order valence-electron chi connectivity index (χ1n) is 7.50. The van der Waals surface area contributed by atoms with Gasteiger partial charge in [0.05, 0.1) is 0 Å². The number of carbonyl (C=O) groups excluding carboxylic acids is 2. The zero-order valence-electron chi connectivity index (χ0n) is 12.3. The van der Waals surface area contributed by atoms with Crippen LogP contribution in [-0.4, -0.2) is 22.9 Å². The van der Waals surface area contributed by atoms with E-state index in [1.54, 1.807) is 4.90 Å². The average Bonchev–Trinajstić information content (AvgIpc) is 2.74. The summed E-state index contributed by atoms with van der Waals surface area (Å²) in [4.78, 5) is 26.0. The number of nitrogens with one attached hydrogen (secondary N) is 1. The minimum Gasteiger partial charge on any atom is -0.332 e. The molecule has 1 N–H and O–H groups in total. The monoisotopic (exact) mass is 284 g/mol. The summed E-state index contributed by atoms with van der Waals surface area (Å²) in [5.41, 5.74) is 3.13. The molecule has 110 valence electrons. The van der Waals surface area contributed by atoms with Gasteiger partial charge in [-0.2, -0.15) is 0 Å². The summed E-state index contributed by atoms with van der Waals surface area (Å²) in [7, 11) is 0. The van der Waals surface area contributed by atoms with Gasteiger partial charge in [-0.15, -0.1) is 0 Å². The van der Waals surface area contributed by atoms with E-state index < -0.39 is 0 Å². The zero-order chi connectivity index (χ0) is 14.8. The van der Waals surface area contributed by atoms with Crippen LogP contribution in [0.2, 0.25) is 0 Å². The SMILES string of the molecule is CC(=O)N[C@@H]1C2=C(CCCC2)C(=O)N1Cc1ccccc1. The number of carbonyl (C=O) groups is 2. The van der Waals surface area contributed by atoms with Crippen LogP contribution in [0.25, 0.3) is 0 Å². The maximum atomic E-state index is 12.7. The highest BCUT2D eigenvalue weighted by Crippen LogP contribution is 2.36. The minimum atomic E-state index is -0.259. The van der Waals surface area contributed by atoms with Crippen molar-refractivity contribution >= 4 is 11.8 Å². The standard InChI is InChI=1S/C17H20N2O2/c1-12(20)18-16-14-9-5-6-10-15(14)17(21)19(16)11-13-7-3-2-4-8-13/h2-4,7-8,16H,5-6,9-11H2,1H3,(H,18,20)/t16-/m0/s1. The summed E-state index contributed by atoms with van der Waals surface area (Å²) < 4.78 is 0. The van der Waals surface area contributed by atoms with Crippen LogP contribution in [0.1, 0.15) is 38.2 Å².